The number of fused-ring (bicyclic) bond motifs is 1. The SMILES string of the molecule is COc1ccc(CN2C[C@@H]3[C@@H](CNC(=O)c4cnccn4)CO[C@@H]3C2)cc1.O=C(O)C(F)(F)F. The molecule has 4 rings (SSSR count). The van der Waals surface area contributed by atoms with E-state index < -0.39 is 12.1 Å². The van der Waals surface area contributed by atoms with Gasteiger partial charge in [0.2, 0.25) is 0 Å². The first-order valence-electron chi connectivity index (χ1n) is 10.5. The lowest BCUT2D eigenvalue weighted by atomic mass is 9.93. The van der Waals surface area contributed by atoms with Crippen molar-refractivity contribution in [2.24, 2.45) is 11.8 Å². The summed E-state index contributed by atoms with van der Waals surface area (Å²) in [5, 5.41) is 10.1. The number of carboxylic acids is 1. The Kier molecular flexibility index (Phi) is 8.40. The molecule has 9 nitrogen and oxygen atoms in total. The second kappa shape index (κ2) is 11.3. The molecule has 3 heterocycles. The van der Waals surface area contributed by atoms with Gasteiger partial charge in [0.25, 0.3) is 5.91 Å². The molecule has 2 fully saturated rings. The Hall–Kier alpha value is -3.25. The number of rotatable bonds is 6. The summed E-state index contributed by atoms with van der Waals surface area (Å²) >= 11 is 0. The van der Waals surface area contributed by atoms with Gasteiger partial charge in [-0.15, -0.1) is 0 Å². The summed E-state index contributed by atoms with van der Waals surface area (Å²) in [7, 11) is 1.68. The molecule has 0 radical (unpaired) electrons. The summed E-state index contributed by atoms with van der Waals surface area (Å²) in [5.74, 6) is -1.28. The van der Waals surface area contributed by atoms with Crippen LogP contribution in [0, 0.1) is 11.8 Å². The molecule has 12 heteroatoms. The van der Waals surface area contributed by atoms with Crippen molar-refractivity contribution in [2.45, 2.75) is 18.8 Å². The van der Waals surface area contributed by atoms with Crippen molar-refractivity contribution in [3.63, 3.8) is 0 Å². The summed E-state index contributed by atoms with van der Waals surface area (Å²) in [4.78, 5) is 31.5. The van der Waals surface area contributed by atoms with E-state index in [-0.39, 0.29) is 12.0 Å². The van der Waals surface area contributed by atoms with Crippen LogP contribution in [-0.2, 0) is 16.1 Å². The van der Waals surface area contributed by atoms with Crippen molar-refractivity contribution < 1.29 is 37.3 Å². The first kappa shape index (κ1) is 25.4. The molecule has 1 aromatic carbocycles. The molecular weight excluding hydrogens is 457 g/mol. The lowest BCUT2D eigenvalue weighted by molar-refractivity contribution is -0.192. The van der Waals surface area contributed by atoms with Crippen LogP contribution in [-0.4, -0.2) is 77.5 Å². The van der Waals surface area contributed by atoms with Crippen LogP contribution in [0.4, 0.5) is 13.2 Å². The average Bonchev–Trinajstić information content (AvgIpc) is 3.38. The van der Waals surface area contributed by atoms with Gasteiger partial charge in [0.15, 0.2) is 0 Å². The standard InChI is InChI=1S/C20H24N4O3.C2HF3O2/c1-26-16-4-2-14(3-5-16)10-24-11-17-15(13-27-19(17)12-24)8-23-20(25)18-9-21-6-7-22-18;3-2(4,5)1(6)7/h2-7,9,15,17,19H,8,10-13H2,1H3,(H,23,25);(H,6,7)/t15-,17+,19+;/m0./s1. The molecule has 34 heavy (non-hydrogen) atoms. The van der Waals surface area contributed by atoms with E-state index in [4.69, 9.17) is 19.4 Å². The Morgan fingerprint density at radius 3 is 2.53 bits per heavy atom. The Morgan fingerprint density at radius 1 is 1.24 bits per heavy atom. The second-order valence-corrected chi connectivity index (χ2v) is 7.94. The Balaban J connectivity index is 0.000000406. The van der Waals surface area contributed by atoms with Gasteiger partial charge in [-0.1, -0.05) is 12.1 Å². The Labute approximate surface area is 193 Å². The molecule has 2 aromatic rings. The third-order valence-corrected chi connectivity index (χ3v) is 5.64. The molecule has 2 aliphatic heterocycles. The Morgan fingerprint density at radius 2 is 1.94 bits per heavy atom. The van der Waals surface area contributed by atoms with E-state index in [0.717, 1.165) is 25.4 Å². The molecule has 2 saturated heterocycles. The van der Waals surface area contributed by atoms with Gasteiger partial charge in [-0.05, 0) is 17.7 Å². The van der Waals surface area contributed by atoms with Gasteiger partial charge in [0, 0.05) is 50.4 Å². The molecular formula is C22H25F3N4O5. The highest BCUT2D eigenvalue weighted by Gasteiger charge is 2.43. The molecule has 184 valence electrons. The average molecular weight is 482 g/mol. The highest BCUT2D eigenvalue weighted by molar-refractivity contribution is 5.91. The maximum Gasteiger partial charge on any atom is 0.490 e. The number of hydrogen-bond donors (Lipinski definition) is 2. The van der Waals surface area contributed by atoms with Crippen molar-refractivity contribution in [3.8, 4) is 5.75 Å². The minimum Gasteiger partial charge on any atom is -0.497 e. The van der Waals surface area contributed by atoms with Crippen LogP contribution >= 0.6 is 0 Å². The van der Waals surface area contributed by atoms with Crippen molar-refractivity contribution >= 4 is 11.9 Å². The van der Waals surface area contributed by atoms with Crippen molar-refractivity contribution in [1.82, 2.24) is 20.2 Å². The number of halogens is 3. The summed E-state index contributed by atoms with van der Waals surface area (Å²) in [6.45, 7) is 4.13. The number of carbonyl (C=O) groups excluding carboxylic acids is 1. The molecule has 1 amide bonds. The summed E-state index contributed by atoms with van der Waals surface area (Å²) in [6.07, 6.45) is -0.267. The molecule has 0 saturated carbocycles. The number of carbonyl (C=O) groups is 2. The molecule has 2 N–H and O–H groups in total. The van der Waals surface area contributed by atoms with E-state index >= 15 is 0 Å². The lowest BCUT2D eigenvalue weighted by Gasteiger charge is -2.20. The summed E-state index contributed by atoms with van der Waals surface area (Å²) in [5.41, 5.74) is 1.61. The monoisotopic (exact) mass is 482 g/mol. The van der Waals surface area contributed by atoms with Crippen LogP contribution in [0.3, 0.4) is 0 Å². The van der Waals surface area contributed by atoms with Crippen LogP contribution in [0.25, 0.3) is 0 Å². The topological polar surface area (TPSA) is 114 Å². The van der Waals surface area contributed by atoms with E-state index in [0.29, 0.717) is 30.7 Å². The fraction of sp³-hybridized carbons (Fsp3) is 0.455. The van der Waals surface area contributed by atoms with Crippen LogP contribution < -0.4 is 10.1 Å². The van der Waals surface area contributed by atoms with E-state index in [1.54, 1.807) is 13.3 Å². The maximum atomic E-state index is 12.2. The zero-order chi connectivity index (χ0) is 24.7. The zero-order valence-electron chi connectivity index (χ0n) is 18.4. The molecule has 0 aliphatic carbocycles. The first-order chi connectivity index (χ1) is 16.2. The predicted octanol–water partition coefficient (Wildman–Crippen LogP) is 2.00. The van der Waals surface area contributed by atoms with Gasteiger partial charge in [0.05, 0.1) is 26.0 Å². The van der Waals surface area contributed by atoms with E-state index in [1.807, 2.05) is 12.1 Å². The van der Waals surface area contributed by atoms with Crippen LogP contribution in [0.5, 0.6) is 5.75 Å². The molecule has 3 atom stereocenters. The number of hydrogen-bond acceptors (Lipinski definition) is 7. The van der Waals surface area contributed by atoms with E-state index in [2.05, 4.69) is 32.3 Å². The van der Waals surface area contributed by atoms with Gasteiger partial charge >= 0.3 is 12.1 Å². The number of aliphatic carboxylic acids is 1. The van der Waals surface area contributed by atoms with E-state index in [1.165, 1.54) is 18.0 Å². The van der Waals surface area contributed by atoms with E-state index in [9.17, 15) is 18.0 Å². The second-order valence-electron chi connectivity index (χ2n) is 7.94. The fourth-order valence-corrected chi connectivity index (χ4v) is 3.94. The number of alkyl halides is 3. The number of amides is 1. The smallest absolute Gasteiger partial charge is 0.490 e. The number of nitrogens with one attached hydrogen (secondary N) is 1. The quantitative estimate of drug-likeness (QED) is 0.643. The minimum absolute atomic E-state index is 0.181. The largest absolute Gasteiger partial charge is 0.497 e. The Bertz CT molecular complexity index is 959. The van der Waals surface area contributed by atoms with Gasteiger partial charge in [-0.3, -0.25) is 14.7 Å². The highest BCUT2D eigenvalue weighted by Crippen LogP contribution is 2.34. The predicted molar refractivity (Wildman–Crippen MR) is 113 cm³/mol. The van der Waals surface area contributed by atoms with Crippen molar-refractivity contribution in [3.05, 3.63) is 54.1 Å². The lowest BCUT2D eigenvalue weighted by Crippen LogP contribution is -2.34. The number of benzene rings is 1. The van der Waals surface area contributed by atoms with Crippen LogP contribution in [0.2, 0.25) is 0 Å². The third kappa shape index (κ3) is 6.87. The third-order valence-electron chi connectivity index (χ3n) is 5.64. The zero-order valence-corrected chi connectivity index (χ0v) is 18.4. The summed E-state index contributed by atoms with van der Waals surface area (Å²) in [6, 6.07) is 8.19. The van der Waals surface area contributed by atoms with Crippen molar-refractivity contribution in [2.75, 3.05) is 33.4 Å². The molecule has 1 aromatic heterocycles. The molecule has 0 unspecified atom stereocenters. The number of carboxylic acid groups (broad SMARTS) is 1. The number of aromatic nitrogens is 2. The first-order valence-corrected chi connectivity index (χ1v) is 10.5. The van der Waals surface area contributed by atoms with Crippen molar-refractivity contribution in [1.29, 1.82) is 0 Å². The van der Waals surface area contributed by atoms with Crippen LogP contribution in [0.15, 0.2) is 42.9 Å². The van der Waals surface area contributed by atoms with Gasteiger partial charge < -0.3 is 19.9 Å². The maximum absolute atomic E-state index is 12.2. The number of nitrogens with zero attached hydrogens (tertiary/aromatic N) is 3. The minimum atomic E-state index is -5.08. The molecule has 0 bridgehead atoms. The normalized spacial score (nSPS) is 21.8. The highest BCUT2D eigenvalue weighted by atomic mass is 19.4. The molecule has 2 aliphatic rings. The van der Waals surface area contributed by atoms with Gasteiger partial charge in [0.1, 0.15) is 11.4 Å². The van der Waals surface area contributed by atoms with Gasteiger partial charge in [-0.25, -0.2) is 9.78 Å². The number of methoxy groups -OCH3 is 1. The number of ether oxygens (including phenoxy) is 2. The fourth-order valence-electron chi connectivity index (χ4n) is 3.94. The number of likely N-dealkylation sites (tertiary alicyclic amines) is 1. The van der Waals surface area contributed by atoms with Crippen LogP contribution in [0.1, 0.15) is 16.1 Å². The molecule has 0 spiro atoms. The van der Waals surface area contributed by atoms with Gasteiger partial charge in [-0.2, -0.15) is 13.2 Å². The summed E-state index contributed by atoms with van der Waals surface area (Å²) < 4.78 is 42.9.